The zero-order chi connectivity index (χ0) is 13.0. The molecule has 98 valence electrons. The zero-order valence-corrected chi connectivity index (χ0v) is 11.2. The summed E-state index contributed by atoms with van der Waals surface area (Å²) in [7, 11) is -3.42. The lowest BCUT2D eigenvalue weighted by molar-refractivity contribution is 0.583. The van der Waals surface area contributed by atoms with Gasteiger partial charge in [0.15, 0.2) is 0 Å². The Morgan fingerprint density at radius 2 is 2.28 bits per heavy atom. The minimum Gasteiger partial charge on any atom is -0.348 e. The maximum Gasteiger partial charge on any atom is 0.250 e. The summed E-state index contributed by atoms with van der Waals surface area (Å²) in [6.07, 6.45) is 3.82. The normalized spacial score (nSPS) is 11.8. The van der Waals surface area contributed by atoms with Crippen molar-refractivity contribution in [2.24, 2.45) is 5.73 Å². The van der Waals surface area contributed by atoms with Gasteiger partial charge in [0.05, 0.1) is 6.33 Å². The number of thiophene rings is 1. The van der Waals surface area contributed by atoms with E-state index in [1.54, 1.807) is 24.7 Å². The molecule has 18 heavy (non-hydrogen) atoms. The fourth-order valence-corrected chi connectivity index (χ4v) is 3.74. The highest BCUT2D eigenvalue weighted by atomic mass is 32.2. The van der Waals surface area contributed by atoms with Crippen molar-refractivity contribution >= 4 is 21.4 Å². The van der Waals surface area contributed by atoms with Gasteiger partial charge in [-0.25, -0.2) is 18.1 Å². The predicted octanol–water partition coefficient (Wildman–Crippen LogP) is 0.451. The second-order valence-corrected chi connectivity index (χ2v) is 6.81. The molecule has 2 heterocycles. The molecular formula is C10H14N4O2S2. The van der Waals surface area contributed by atoms with Crippen LogP contribution >= 0.6 is 11.3 Å². The summed E-state index contributed by atoms with van der Waals surface area (Å²) in [4.78, 5) is 7.63. The van der Waals surface area contributed by atoms with Gasteiger partial charge in [-0.2, -0.15) is 0 Å². The molecule has 0 aliphatic carbocycles. The average Bonchev–Trinajstić information content (AvgIpc) is 2.99. The van der Waals surface area contributed by atoms with Crippen LogP contribution in [0, 0.1) is 0 Å². The summed E-state index contributed by atoms with van der Waals surface area (Å²) in [6, 6.07) is 3.31. The third kappa shape index (κ3) is 3.16. The molecule has 0 unspecified atom stereocenters. The third-order valence-corrected chi connectivity index (χ3v) is 5.40. The second kappa shape index (κ2) is 5.61. The number of aromatic amines is 1. The van der Waals surface area contributed by atoms with Crippen molar-refractivity contribution in [1.82, 2.24) is 14.7 Å². The van der Waals surface area contributed by atoms with Crippen molar-refractivity contribution in [3.05, 3.63) is 35.2 Å². The molecule has 8 heteroatoms. The van der Waals surface area contributed by atoms with E-state index in [-0.39, 0.29) is 0 Å². The van der Waals surface area contributed by atoms with Crippen molar-refractivity contribution in [3.8, 4) is 0 Å². The highest BCUT2D eigenvalue weighted by Crippen LogP contribution is 2.20. The van der Waals surface area contributed by atoms with Gasteiger partial charge in [-0.05, 0) is 12.1 Å². The number of rotatable bonds is 6. The molecule has 0 fully saturated rings. The number of nitrogens with zero attached hydrogens (tertiary/aromatic N) is 1. The van der Waals surface area contributed by atoms with Crippen LogP contribution in [0.25, 0.3) is 0 Å². The lowest BCUT2D eigenvalue weighted by Crippen LogP contribution is -2.25. The van der Waals surface area contributed by atoms with Gasteiger partial charge in [0.1, 0.15) is 4.21 Å². The van der Waals surface area contributed by atoms with Crippen LogP contribution in [-0.4, -0.2) is 24.9 Å². The summed E-state index contributed by atoms with van der Waals surface area (Å²) >= 11 is 1.19. The number of imidazole rings is 1. The van der Waals surface area contributed by atoms with Crippen LogP contribution in [0.1, 0.15) is 10.6 Å². The number of aromatic nitrogens is 2. The molecule has 0 radical (unpaired) electrons. The van der Waals surface area contributed by atoms with E-state index in [1.165, 1.54) is 11.3 Å². The molecule has 0 saturated heterocycles. The molecule has 2 rings (SSSR count). The Hall–Kier alpha value is -1.22. The largest absolute Gasteiger partial charge is 0.348 e. The number of nitrogens with one attached hydrogen (secondary N) is 2. The van der Waals surface area contributed by atoms with Crippen molar-refractivity contribution in [1.29, 1.82) is 0 Å². The molecule has 0 bridgehead atoms. The van der Waals surface area contributed by atoms with Gasteiger partial charge in [-0.15, -0.1) is 11.3 Å². The fourth-order valence-electron chi connectivity index (χ4n) is 1.42. The molecule has 2 aromatic rings. The van der Waals surface area contributed by atoms with E-state index in [9.17, 15) is 8.42 Å². The SMILES string of the molecule is NCc1ccc(S(=O)(=O)NCCc2cnc[nH]2)s1. The first-order chi connectivity index (χ1) is 8.62. The van der Waals surface area contributed by atoms with E-state index in [2.05, 4.69) is 14.7 Å². The van der Waals surface area contributed by atoms with E-state index >= 15 is 0 Å². The van der Waals surface area contributed by atoms with Crippen molar-refractivity contribution in [2.45, 2.75) is 17.2 Å². The van der Waals surface area contributed by atoms with E-state index in [0.717, 1.165) is 10.6 Å². The summed E-state index contributed by atoms with van der Waals surface area (Å²) < 4.78 is 26.7. The highest BCUT2D eigenvalue weighted by molar-refractivity contribution is 7.91. The van der Waals surface area contributed by atoms with E-state index in [0.29, 0.717) is 23.7 Å². The first kappa shape index (κ1) is 13.2. The number of hydrogen-bond acceptors (Lipinski definition) is 5. The van der Waals surface area contributed by atoms with Gasteiger partial charge in [-0.3, -0.25) is 0 Å². The smallest absolute Gasteiger partial charge is 0.250 e. The molecule has 4 N–H and O–H groups in total. The van der Waals surface area contributed by atoms with Gasteiger partial charge in [0.25, 0.3) is 0 Å². The maximum absolute atomic E-state index is 11.9. The molecule has 2 aromatic heterocycles. The monoisotopic (exact) mass is 286 g/mol. The lowest BCUT2D eigenvalue weighted by Gasteiger charge is -2.03. The van der Waals surface area contributed by atoms with Crippen LogP contribution < -0.4 is 10.5 Å². The average molecular weight is 286 g/mol. The Bertz CT molecular complexity index is 589. The highest BCUT2D eigenvalue weighted by Gasteiger charge is 2.15. The Kier molecular flexibility index (Phi) is 4.12. The molecular weight excluding hydrogens is 272 g/mol. The summed E-state index contributed by atoms with van der Waals surface area (Å²) in [5, 5.41) is 0. The van der Waals surface area contributed by atoms with Crippen molar-refractivity contribution < 1.29 is 8.42 Å². The molecule has 0 atom stereocenters. The Morgan fingerprint density at radius 3 is 2.89 bits per heavy atom. The maximum atomic E-state index is 11.9. The van der Waals surface area contributed by atoms with Crippen LogP contribution in [0.4, 0.5) is 0 Å². The first-order valence-corrected chi connectivity index (χ1v) is 7.67. The van der Waals surface area contributed by atoms with E-state index < -0.39 is 10.0 Å². The number of nitrogens with two attached hydrogens (primary N) is 1. The predicted molar refractivity (Wildman–Crippen MR) is 69.7 cm³/mol. The topological polar surface area (TPSA) is 101 Å². The Balaban J connectivity index is 1.95. The fraction of sp³-hybridized carbons (Fsp3) is 0.300. The molecule has 0 saturated carbocycles. The van der Waals surface area contributed by atoms with Gasteiger partial charge < -0.3 is 10.7 Å². The van der Waals surface area contributed by atoms with Gasteiger partial charge in [0.2, 0.25) is 10.0 Å². The van der Waals surface area contributed by atoms with Crippen LogP contribution in [0.15, 0.2) is 28.9 Å². The molecule has 6 nitrogen and oxygen atoms in total. The lowest BCUT2D eigenvalue weighted by atomic mass is 10.3. The number of hydrogen-bond donors (Lipinski definition) is 3. The van der Waals surface area contributed by atoms with Gasteiger partial charge in [0, 0.05) is 36.3 Å². The zero-order valence-electron chi connectivity index (χ0n) is 9.59. The summed E-state index contributed by atoms with van der Waals surface area (Å²) in [5.41, 5.74) is 6.35. The summed E-state index contributed by atoms with van der Waals surface area (Å²) in [6.45, 7) is 0.689. The summed E-state index contributed by atoms with van der Waals surface area (Å²) in [5.74, 6) is 0. The van der Waals surface area contributed by atoms with Crippen molar-refractivity contribution in [2.75, 3.05) is 6.54 Å². The van der Waals surface area contributed by atoms with E-state index in [1.807, 2.05) is 0 Å². The molecule has 0 aliphatic heterocycles. The molecule has 0 amide bonds. The van der Waals surface area contributed by atoms with E-state index in [4.69, 9.17) is 5.73 Å². The standard InChI is InChI=1S/C10H14N4O2S2/c11-5-9-1-2-10(17-9)18(15,16)14-4-3-8-6-12-7-13-8/h1-2,6-7,14H,3-5,11H2,(H,12,13). The second-order valence-electron chi connectivity index (χ2n) is 3.65. The molecule has 0 aromatic carbocycles. The van der Waals surface area contributed by atoms with Crippen molar-refractivity contribution in [3.63, 3.8) is 0 Å². The molecule has 0 spiro atoms. The quantitative estimate of drug-likeness (QED) is 0.717. The Labute approximate surface area is 109 Å². The number of H-pyrrole nitrogens is 1. The molecule has 0 aliphatic rings. The van der Waals surface area contributed by atoms with Gasteiger partial charge in [-0.1, -0.05) is 0 Å². The first-order valence-electron chi connectivity index (χ1n) is 5.37. The Morgan fingerprint density at radius 1 is 1.44 bits per heavy atom. The van der Waals surface area contributed by atoms with Crippen LogP contribution in [0.2, 0.25) is 0 Å². The number of sulfonamides is 1. The van der Waals surface area contributed by atoms with Crippen LogP contribution in [0.3, 0.4) is 0 Å². The van der Waals surface area contributed by atoms with Crippen LogP contribution in [-0.2, 0) is 23.0 Å². The third-order valence-electron chi connectivity index (χ3n) is 2.34. The van der Waals surface area contributed by atoms with Gasteiger partial charge >= 0.3 is 0 Å². The minimum atomic E-state index is -3.42. The minimum absolute atomic E-state index is 0.299. The van der Waals surface area contributed by atoms with Crippen LogP contribution in [0.5, 0.6) is 0 Å².